The highest BCUT2D eigenvalue weighted by atomic mass is 32.2. The minimum absolute atomic E-state index is 0.0904. The lowest BCUT2D eigenvalue weighted by Crippen LogP contribution is -2.36. The standard InChI is InChI=1S/2C22H26O3S/c2*1-3-5-15-21(4-2)16-26(23,24)19-14-10-9-13-18(19)22(20(21)25-22)17-11-7-6-8-12-17/h2*6-14,20H,3-5,15-16H2,1-2H3/t20?,21-,22+;20?,21-,22-/m11/s1. The average Bonchev–Trinajstić information content (AvgIpc) is 4.10. The van der Waals surface area contributed by atoms with E-state index in [0.29, 0.717) is 9.79 Å². The van der Waals surface area contributed by atoms with E-state index in [1.165, 1.54) is 0 Å². The first kappa shape index (κ1) is 37.0. The quantitative estimate of drug-likeness (QED) is 0.151. The zero-order valence-corrected chi connectivity index (χ0v) is 32.5. The van der Waals surface area contributed by atoms with Crippen molar-refractivity contribution >= 4 is 19.7 Å². The largest absolute Gasteiger partial charge is 0.355 e. The van der Waals surface area contributed by atoms with Gasteiger partial charge in [0.15, 0.2) is 19.7 Å². The first-order valence-electron chi connectivity index (χ1n) is 19.1. The normalized spacial score (nSPS) is 31.5. The Morgan fingerprint density at radius 2 is 0.865 bits per heavy atom. The van der Waals surface area contributed by atoms with Crippen molar-refractivity contribution in [1.82, 2.24) is 0 Å². The Bertz CT molecular complexity index is 1960. The van der Waals surface area contributed by atoms with Gasteiger partial charge in [0.2, 0.25) is 0 Å². The third-order valence-corrected chi connectivity index (χ3v) is 16.4. The lowest BCUT2D eigenvalue weighted by atomic mass is 9.71. The molecule has 4 heterocycles. The van der Waals surface area contributed by atoms with Crippen LogP contribution in [0.5, 0.6) is 0 Å². The molecule has 2 unspecified atom stereocenters. The first-order chi connectivity index (χ1) is 25.0. The number of hydrogen-bond acceptors (Lipinski definition) is 6. The van der Waals surface area contributed by atoms with Gasteiger partial charge in [0, 0.05) is 22.0 Å². The van der Waals surface area contributed by atoms with Crippen molar-refractivity contribution in [2.45, 2.75) is 112 Å². The predicted octanol–water partition coefficient (Wildman–Crippen LogP) is 9.41. The maximum absolute atomic E-state index is 13.3. The number of ether oxygens (including phenoxy) is 2. The van der Waals surface area contributed by atoms with Gasteiger partial charge in [-0.15, -0.1) is 0 Å². The van der Waals surface area contributed by atoms with Gasteiger partial charge in [-0.3, -0.25) is 0 Å². The monoisotopic (exact) mass is 740 g/mol. The third-order valence-electron chi connectivity index (χ3n) is 12.4. The fraction of sp³-hybridized carbons (Fsp3) is 0.455. The molecule has 6 nitrogen and oxygen atoms in total. The summed E-state index contributed by atoms with van der Waals surface area (Å²) in [4.78, 5) is 0.886. The zero-order valence-electron chi connectivity index (χ0n) is 30.9. The molecule has 4 aromatic carbocycles. The Hall–Kier alpha value is -3.30. The second kappa shape index (κ2) is 13.8. The van der Waals surface area contributed by atoms with Crippen LogP contribution in [0, 0.1) is 10.8 Å². The summed E-state index contributed by atoms with van der Waals surface area (Å²) in [5.74, 6) is 0.347. The molecular weight excluding hydrogens is 689 g/mol. The van der Waals surface area contributed by atoms with Gasteiger partial charge in [-0.2, -0.15) is 0 Å². The van der Waals surface area contributed by atoms with Gasteiger partial charge >= 0.3 is 0 Å². The summed E-state index contributed by atoms with van der Waals surface area (Å²) in [7, 11) is -6.71. The van der Waals surface area contributed by atoms with E-state index in [1.54, 1.807) is 12.1 Å². The Balaban J connectivity index is 0.000000162. The molecule has 0 N–H and O–H groups in total. The van der Waals surface area contributed by atoms with Gasteiger partial charge in [0.1, 0.15) is 23.4 Å². The molecule has 4 aromatic rings. The summed E-state index contributed by atoms with van der Waals surface area (Å²) in [5.41, 5.74) is 1.78. The van der Waals surface area contributed by atoms with Crippen LogP contribution >= 0.6 is 0 Å². The zero-order chi connectivity index (χ0) is 36.8. The second-order valence-electron chi connectivity index (χ2n) is 15.3. The fourth-order valence-corrected chi connectivity index (χ4v) is 14.0. The fourth-order valence-electron chi connectivity index (χ4n) is 9.49. The molecule has 2 saturated heterocycles. The topological polar surface area (TPSA) is 93.3 Å². The summed E-state index contributed by atoms with van der Waals surface area (Å²) < 4.78 is 66.2. The molecule has 52 heavy (non-hydrogen) atoms. The summed E-state index contributed by atoms with van der Waals surface area (Å²) >= 11 is 0. The van der Waals surface area contributed by atoms with Crippen LogP contribution in [0.4, 0.5) is 0 Å². The smallest absolute Gasteiger partial charge is 0.179 e. The van der Waals surface area contributed by atoms with Crippen LogP contribution < -0.4 is 0 Å². The molecule has 0 aliphatic carbocycles. The molecular formula is C44H52O6S2. The van der Waals surface area contributed by atoms with Crippen molar-refractivity contribution < 1.29 is 26.3 Å². The first-order valence-corrected chi connectivity index (χ1v) is 22.4. The Morgan fingerprint density at radius 3 is 1.21 bits per heavy atom. The van der Waals surface area contributed by atoms with Crippen molar-refractivity contribution in [3.05, 3.63) is 131 Å². The SMILES string of the molecule is CCCC[C@]1(CC)CS(=O)(=O)c2ccccc2[C@@]2(c3ccccc3)OC12.CCCC[C@]1(CC)CS(=O)(=O)c2ccccc2[C@]2(c3ccccc3)OC12. The lowest BCUT2D eigenvalue weighted by Gasteiger charge is -2.31. The van der Waals surface area contributed by atoms with Gasteiger partial charge in [-0.1, -0.05) is 150 Å². The van der Waals surface area contributed by atoms with E-state index >= 15 is 0 Å². The van der Waals surface area contributed by atoms with Crippen molar-refractivity contribution in [3.63, 3.8) is 0 Å². The maximum Gasteiger partial charge on any atom is 0.179 e. The number of unbranched alkanes of at least 4 members (excludes halogenated alkanes) is 2. The molecule has 0 spiro atoms. The molecule has 4 aliphatic rings. The Kier molecular flexibility index (Phi) is 9.86. The number of benzene rings is 4. The Morgan fingerprint density at radius 1 is 0.519 bits per heavy atom. The summed E-state index contributed by atoms with van der Waals surface area (Å²) in [6.07, 6.45) is 7.34. The average molecular weight is 741 g/mol. The molecule has 6 atom stereocenters. The summed E-state index contributed by atoms with van der Waals surface area (Å²) in [5, 5.41) is 0. The maximum atomic E-state index is 13.3. The van der Waals surface area contributed by atoms with Gasteiger partial charge in [-0.05, 0) is 48.9 Å². The number of epoxide rings is 2. The van der Waals surface area contributed by atoms with Crippen molar-refractivity contribution in [2.75, 3.05) is 11.5 Å². The molecule has 0 saturated carbocycles. The molecule has 276 valence electrons. The molecule has 0 bridgehead atoms. The van der Waals surface area contributed by atoms with Crippen molar-refractivity contribution in [3.8, 4) is 0 Å². The molecule has 8 heteroatoms. The summed E-state index contributed by atoms with van der Waals surface area (Å²) in [6, 6.07) is 35.1. The van der Waals surface area contributed by atoms with Gasteiger partial charge in [0.25, 0.3) is 0 Å². The number of sulfone groups is 2. The Labute approximate surface area is 310 Å². The van der Waals surface area contributed by atoms with E-state index < -0.39 is 30.9 Å². The van der Waals surface area contributed by atoms with Gasteiger partial charge < -0.3 is 9.47 Å². The van der Waals surface area contributed by atoms with E-state index in [9.17, 15) is 16.8 Å². The van der Waals surface area contributed by atoms with Crippen LogP contribution in [0.1, 0.15) is 101 Å². The highest BCUT2D eigenvalue weighted by Crippen LogP contribution is 2.65. The van der Waals surface area contributed by atoms with Crippen LogP contribution in [0.15, 0.2) is 119 Å². The molecule has 4 aliphatic heterocycles. The minimum Gasteiger partial charge on any atom is -0.355 e. The second-order valence-corrected chi connectivity index (χ2v) is 19.3. The highest BCUT2D eigenvalue weighted by Gasteiger charge is 2.71. The number of fused-ring (bicyclic) bond motifs is 6. The lowest BCUT2D eigenvalue weighted by molar-refractivity contribution is 0.191. The van der Waals surface area contributed by atoms with Crippen molar-refractivity contribution in [2.24, 2.45) is 10.8 Å². The van der Waals surface area contributed by atoms with Crippen LogP contribution in [0.3, 0.4) is 0 Å². The third kappa shape index (κ3) is 5.89. The number of hydrogen-bond donors (Lipinski definition) is 0. The van der Waals surface area contributed by atoms with Crippen molar-refractivity contribution in [1.29, 1.82) is 0 Å². The minimum atomic E-state index is -3.36. The van der Waals surface area contributed by atoms with E-state index in [-0.39, 0.29) is 34.5 Å². The van der Waals surface area contributed by atoms with Crippen LogP contribution in [0.2, 0.25) is 0 Å². The molecule has 0 amide bonds. The molecule has 8 rings (SSSR count). The van der Waals surface area contributed by atoms with Gasteiger partial charge in [-0.25, -0.2) is 16.8 Å². The van der Waals surface area contributed by atoms with Gasteiger partial charge in [0.05, 0.1) is 21.3 Å². The number of rotatable bonds is 10. The van der Waals surface area contributed by atoms with Crippen LogP contribution in [0.25, 0.3) is 0 Å². The predicted molar refractivity (Wildman–Crippen MR) is 206 cm³/mol. The highest BCUT2D eigenvalue weighted by molar-refractivity contribution is 7.91. The summed E-state index contributed by atoms with van der Waals surface area (Å²) in [6.45, 7) is 8.53. The van der Waals surface area contributed by atoms with Crippen LogP contribution in [-0.2, 0) is 40.4 Å². The van der Waals surface area contributed by atoms with E-state index in [2.05, 4.69) is 52.0 Å². The van der Waals surface area contributed by atoms with E-state index in [1.807, 2.05) is 72.8 Å². The molecule has 0 aromatic heterocycles. The van der Waals surface area contributed by atoms with E-state index in [4.69, 9.17) is 9.47 Å². The van der Waals surface area contributed by atoms with Crippen LogP contribution in [-0.4, -0.2) is 40.5 Å². The molecule has 0 radical (unpaired) electrons. The molecule has 2 fully saturated rings. The van der Waals surface area contributed by atoms with E-state index in [0.717, 1.165) is 73.6 Å².